The summed E-state index contributed by atoms with van der Waals surface area (Å²) in [6.45, 7) is 1.12. The molecule has 0 saturated heterocycles. The molecule has 0 aromatic rings. The maximum Gasteiger partial charge on any atom is 0.426 e. The minimum Gasteiger partial charge on any atom is -0.373 e. The monoisotopic (exact) mass is 516 g/mol. The molecule has 0 aliphatic heterocycles. The fraction of sp³-hybridized carbons (Fsp3) is 1.00. The zero-order chi connectivity index (χ0) is 26.3. The van der Waals surface area contributed by atoms with Crippen molar-refractivity contribution in [2.75, 3.05) is 13.9 Å². The molecule has 15 heteroatoms. The van der Waals surface area contributed by atoms with E-state index in [0.717, 1.165) is 0 Å². The summed E-state index contributed by atoms with van der Waals surface area (Å²) in [5, 5.41) is 9.77. The second-order valence-corrected chi connectivity index (χ2v) is 8.29. The fourth-order valence-electron chi connectivity index (χ4n) is 4.51. The molecule has 4 atom stereocenters. The van der Waals surface area contributed by atoms with E-state index in [2.05, 4.69) is 9.47 Å². The number of rotatable bonds is 7. The number of halogens is 12. The fourth-order valence-corrected chi connectivity index (χ4v) is 4.51. The van der Waals surface area contributed by atoms with Crippen molar-refractivity contribution in [3.63, 3.8) is 0 Å². The number of hydrogen-bond donors (Lipinski definition) is 1. The van der Waals surface area contributed by atoms with E-state index < -0.39 is 85.6 Å². The molecule has 0 amide bonds. The standard InChI is InChI=1S/C18H24F12O3/c1-4-9(2)10-5-11(13(31,15(19,20)21)16(22,23)24)7-12(6-10)14(17(25,26)27,18(28,29)30)33-8-32-3/h9-12,31H,4-8H2,1-3H3. The van der Waals surface area contributed by atoms with Crippen LogP contribution < -0.4 is 0 Å². The SMILES string of the molecule is CCC(C)C1CC(C(O)(C(F)(F)F)C(F)(F)F)CC(C(OCOC)(C(F)(F)F)C(F)(F)F)C1. The van der Waals surface area contributed by atoms with Gasteiger partial charge in [-0.2, -0.15) is 52.7 Å². The number of alkyl halides is 12. The number of methoxy groups -OCH3 is 1. The number of hydrogen-bond acceptors (Lipinski definition) is 3. The van der Waals surface area contributed by atoms with Gasteiger partial charge in [0.25, 0.3) is 11.2 Å². The number of ether oxygens (including phenoxy) is 2. The lowest BCUT2D eigenvalue weighted by Crippen LogP contribution is -2.68. The van der Waals surface area contributed by atoms with Gasteiger partial charge in [0.05, 0.1) is 0 Å². The Morgan fingerprint density at radius 3 is 1.52 bits per heavy atom. The quantitative estimate of drug-likeness (QED) is 0.314. The first-order chi connectivity index (χ1) is 14.6. The lowest BCUT2D eigenvalue weighted by molar-refractivity contribution is -0.420. The summed E-state index contributed by atoms with van der Waals surface area (Å²) in [5.74, 6) is -8.22. The molecule has 1 aliphatic carbocycles. The van der Waals surface area contributed by atoms with E-state index in [-0.39, 0.29) is 6.42 Å². The first kappa shape index (κ1) is 30.1. The third-order valence-corrected chi connectivity index (χ3v) is 6.47. The molecule has 1 rings (SSSR count). The minimum absolute atomic E-state index is 0.0462. The molecule has 1 fully saturated rings. The van der Waals surface area contributed by atoms with Crippen LogP contribution in [0.3, 0.4) is 0 Å². The van der Waals surface area contributed by atoms with Gasteiger partial charge in [0.2, 0.25) is 0 Å². The van der Waals surface area contributed by atoms with E-state index >= 15 is 0 Å². The molecule has 1 N–H and O–H groups in total. The predicted molar refractivity (Wildman–Crippen MR) is 88.6 cm³/mol. The van der Waals surface area contributed by atoms with Crippen LogP contribution in [0.5, 0.6) is 0 Å². The van der Waals surface area contributed by atoms with Gasteiger partial charge in [0, 0.05) is 18.9 Å². The second kappa shape index (κ2) is 9.59. The minimum atomic E-state index is -6.41. The van der Waals surface area contributed by atoms with E-state index in [4.69, 9.17) is 0 Å². The summed E-state index contributed by atoms with van der Waals surface area (Å²) in [6.07, 6.45) is -29.3. The van der Waals surface area contributed by atoms with Crippen molar-refractivity contribution in [1.82, 2.24) is 0 Å². The Labute approximate surface area is 181 Å². The van der Waals surface area contributed by atoms with Crippen molar-refractivity contribution < 1.29 is 67.3 Å². The van der Waals surface area contributed by atoms with Crippen molar-refractivity contribution in [1.29, 1.82) is 0 Å². The Balaban J connectivity index is 3.80. The summed E-state index contributed by atoms with van der Waals surface area (Å²) in [6, 6.07) is 0. The lowest BCUT2D eigenvalue weighted by Gasteiger charge is -2.51. The van der Waals surface area contributed by atoms with E-state index in [0.29, 0.717) is 7.11 Å². The van der Waals surface area contributed by atoms with Crippen molar-refractivity contribution in [3.05, 3.63) is 0 Å². The second-order valence-electron chi connectivity index (χ2n) is 8.29. The smallest absolute Gasteiger partial charge is 0.373 e. The van der Waals surface area contributed by atoms with Crippen LogP contribution in [0.15, 0.2) is 0 Å². The van der Waals surface area contributed by atoms with Gasteiger partial charge >= 0.3 is 24.7 Å². The van der Waals surface area contributed by atoms with Crippen LogP contribution >= 0.6 is 0 Å². The summed E-state index contributed by atoms with van der Waals surface area (Å²) < 4.78 is 172. The topological polar surface area (TPSA) is 38.7 Å². The van der Waals surface area contributed by atoms with E-state index in [1.54, 1.807) is 0 Å². The molecule has 1 aliphatic rings. The normalized spacial score (nSPS) is 25.3. The Kier molecular flexibility index (Phi) is 8.74. The molecular weight excluding hydrogens is 492 g/mol. The largest absolute Gasteiger partial charge is 0.426 e. The van der Waals surface area contributed by atoms with Gasteiger partial charge in [0.1, 0.15) is 6.79 Å². The van der Waals surface area contributed by atoms with Crippen LogP contribution in [0, 0.1) is 23.7 Å². The summed E-state index contributed by atoms with van der Waals surface area (Å²) in [5.41, 5.74) is -10.6. The zero-order valence-corrected chi connectivity index (χ0v) is 17.6. The van der Waals surface area contributed by atoms with Crippen molar-refractivity contribution >= 4 is 0 Å². The molecule has 0 aromatic carbocycles. The summed E-state index contributed by atoms with van der Waals surface area (Å²) in [7, 11) is 0.690. The molecule has 0 bridgehead atoms. The molecule has 33 heavy (non-hydrogen) atoms. The van der Waals surface area contributed by atoms with Gasteiger partial charge in [0.15, 0.2) is 0 Å². The zero-order valence-electron chi connectivity index (χ0n) is 17.6. The molecule has 198 valence electrons. The summed E-state index contributed by atoms with van der Waals surface area (Å²) >= 11 is 0. The lowest BCUT2D eigenvalue weighted by atomic mass is 9.61. The van der Waals surface area contributed by atoms with E-state index in [1.807, 2.05) is 0 Å². The molecule has 3 nitrogen and oxygen atoms in total. The van der Waals surface area contributed by atoms with E-state index in [1.165, 1.54) is 13.8 Å². The predicted octanol–water partition coefficient (Wildman–Crippen LogP) is 6.40. The van der Waals surface area contributed by atoms with Crippen LogP contribution in [-0.2, 0) is 9.47 Å². The van der Waals surface area contributed by atoms with Crippen molar-refractivity contribution in [3.8, 4) is 0 Å². The van der Waals surface area contributed by atoms with Gasteiger partial charge < -0.3 is 14.6 Å². The highest BCUT2D eigenvalue weighted by molar-refractivity contribution is 5.09. The average Bonchev–Trinajstić information content (AvgIpc) is 2.62. The van der Waals surface area contributed by atoms with Crippen molar-refractivity contribution in [2.45, 2.75) is 75.4 Å². The van der Waals surface area contributed by atoms with E-state index in [9.17, 15) is 57.8 Å². The van der Waals surface area contributed by atoms with Crippen LogP contribution in [0.4, 0.5) is 52.7 Å². The van der Waals surface area contributed by atoms with Crippen LogP contribution in [0.25, 0.3) is 0 Å². The Bertz CT molecular complexity index is 610. The first-order valence-electron chi connectivity index (χ1n) is 9.73. The Morgan fingerprint density at radius 2 is 1.18 bits per heavy atom. The highest BCUT2D eigenvalue weighted by Crippen LogP contribution is 2.60. The van der Waals surface area contributed by atoms with Crippen molar-refractivity contribution in [2.24, 2.45) is 23.7 Å². The number of aliphatic hydroxyl groups is 1. The van der Waals surface area contributed by atoms with Crippen LogP contribution in [0.1, 0.15) is 39.5 Å². The highest BCUT2D eigenvalue weighted by atomic mass is 19.4. The molecule has 0 heterocycles. The summed E-state index contributed by atoms with van der Waals surface area (Å²) in [4.78, 5) is 0. The van der Waals surface area contributed by atoms with Gasteiger partial charge in [-0.15, -0.1) is 0 Å². The van der Waals surface area contributed by atoms with Gasteiger partial charge in [-0.05, 0) is 31.1 Å². The van der Waals surface area contributed by atoms with Gasteiger partial charge in [-0.1, -0.05) is 20.3 Å². The van der Waals surface area contributed by atoms with Gasteiger partial charge in [-0.25, -0.2) is 0 Å². The average molecular weight is 516 g/mol. The third-order valence-electron chi connectivity index (χ3n) is 6.47. The molecule has 0 spiro atoms. The van der Waals surface area contributed by atoms with Crippen LogP contribution in [0.2, 0.25) is 0 Å². The highest BCUT2D eigenvalue weighted by Gasteiger charge is 2.79. The molecule has 4 unspecified atom stereocenters. The van der Waals surface area contributed by atoms with Crippen LogP contribution in [-0.4, -0.2) is 54.9 Å². The maximum absolute atomic E-state index is 13.9. The third kappa shape index (κ3) is 5.34. The molecule has 0 radical (unpaired) electrons. The van der Waals surface area contributed by atoms with Gasteiger partial charge in [-0.3, -0.25) is 0 Å². The molecular formula is C18H24F12O3. The maximum atomic E-state index is 13.9. The Hall–Kier alpha value is -0.960. The first-order valence-corrected chi connectivity index (χ1v) is 9.73. The molecule has 1 saturated carbocycles. The molecule has 0 aromatic heterocycles. The Morgan fingerprint density at radius 1 is 0.758 bits per heavy atom.